The van der Waals surface area contributed by atoms with Gasteiger partial charge in [0.2, 0.25) is 0 Å². The van der Waals surface area contributed by atoms with Crippen molar-refractivity contribution in [2.24, 2.45) is 32.5 Å². The minimum atomic E-state index is -0.936. The second kappa shape index (κ2) is 5.14. The zero-order chi connectivity index (χ0) is 16.6. The van der Waals surface area contributed by atoms with Gasteiger partial charge in [0.1, 0.15) is 22.7 Å². The van der Waals surface area contributed by atoms with E-state index < -0.39 is 11.1 Å². The number of nitrogens with zero attached hydrogens (tertiary/aromatic N) is 2. The number of nitrogens with two attached hydrogens (primary N) is 2. The maximum absolute atomic E-state index is 7.81. The molecular formula is C14H30N6. The average molecular weight is 282 g/mol. The minimum absolute atomic E-state index is 0.0476. The molecule has 0 aromatic rings. The third kappa shape index (κ3) is 3.16. The van der Waals surface area contributed by atoms with Crippen LogP contribution in [0.2, 0.25) is 0 Å². The zero-order valence-corrected chi connectivity index (χ0v) is 14.0. The molecule has 116 valence electrons. The van der Waals surface area contributed by atoms with Crippen molar-refractivity contribution >= 4 is 11.7 Å². The fourth-order valence-corrected chi connectivity index (χ4v) is 1.42. The highest BCUT2D eigenvalue weighted by Crippen LogP contribution is 2.38. The number of hydrogen-bond acceptors (Lipinski definition) is 4. The maximum atomic E-state index is 7.81. The van der Waals surface area contributed by atoms with Gasteiger partial charge in [-0.15, -0.1) is 0 Å². The Hall–Kier alpha value is -1.46. The minimum Gasteiger partial charge on any atom is -0.386 e. The number of hydrogen-bond donors (Lipinski definition) is 4. The predicted octanol–water partition coefficient (Wildman–Crippen LogP) is 2.92. The van der Waals surface area contributed by atoms with Gasteiger partial charge in [0.25, 0.3) is 0 Å². The molecule has 0 heterocycles. The molecule has 0 spiro atoms. The summed E-state index contributed by atoms with van der Waals surface area (Å²) in [5, 5.41) is 24.3. The summed E-state index contributed by atoms with van der Waals surface area (Å²) in [5.41, 5.74) is 8.83. The monoisotopic (exact) mass is 282 g/mol. The fourth-order valence-electron chi connectivity index (χ4n) is 1.42. The quantitative estimate of drug-likeness (QED) is 0.359. The number of azo groups is 1. The summed E-state index contributed by atoms with van der Waals surface area (Å²) >= 11 is 0. The summed E-state index contributed by atoms with van der Waals surface area (Å²) in [6.07, 6.45) is 0. The Bertz CT molecular complexity index is 386. The van der Waals surface area contributed by atoms with Crippen LogP contribution in [0.15, 0.2) is 10.2 Å². The van der Waals surface area contributed by atoms with E-state index in [2.05, 4.69) is 10.2 Å². The normalized spacial score (nSPS) is 19.4. The zero-order valence-electron chi connectivity index (χ0n) is 14.0. The summed E-state index contributed by atoms with van der Waals surface area (Å²) in [4.78, 5) is 0. The number of amidine groups is 2. The van der Waals surface area contributed by atoms with Gasteiger partial charge in [-0.3, -0.25) is 10.8 Å². The molecule has 6 N–H and O–H groups in total. The van der Waals surface area contributed by atoms with Crippen LogP contribution in [0.4, 0.5) is 0 Å². The third-order valence-corrected chi connectivity index (χ3v) is 4.42. The molecule has 0 aliphatic carbocycles. The maximum Gasteiger partial charge on any atom is 0.140 e. The van der Waals surface area contributed by atoms with Crippen LogP contribution in [0.1, 0.15) is 55.4 Å². The van der Waals surface area contributed by atoms with E-state index in [1.54, 1.807) is 13.8 Å². The van der Waals surface area contributed by atoms with Gasteiger partial charge < -0.3 is 11.5 Å². The largest absolute Gasteiger partial charge is 0.386 e. The van der Waals surface area contributed by atoms with E-state index in [0.29, 0.717) is 0 Å². The first-order valence-corrected chi connectivity index (χ1v) is 6.72. The van der Waals surface area contributed by atoms with Crippen molar-refractivity contribution < 1.29 is 0 Å². The lowest BCUT2D eigenvalue weighted by molar-refractivity contribution is 0.233. The molecule has 6 heteroatoms. The van der Waals surface area contributed by atoms with Crippen molar-refractivity contribution in [3.63, 3.8) is 0 Å². The first kappa shape index (κ1) is 18.5. The Labute approximate surface area is 122 Å². The second-order valence-corrected chi connectivity index (χ2v) is 7.67. The van der Waals surface area contributed by atoms with E-state index in [-0.39, 0.29) is 22.5 Å². The van der Waals surface area contributed by atoms with Crippen LogP contribution in [-0.4, -0.2) is 22.7 Å². The van der Waals surface area contributed by atoms with E-state index >= 15 is 0 Å². The molecule has 0 bridgehead atoms. The topological polar surface area (TPSA) is 124 Å². The summed E-state index contributed by atoms with van der Waals surface area (Å²) in [7, 11) is 0. The molecule has 2 unspecified atom stereocenters. The number of nitrogens with one attached hydrogen (secondary N) is 2. The van der Waals surface area contributed by atoms with Crippen LogP contribution in [0, 0.1) is 21.6 Å². The van der Waals surface area contributed by atoms with E-state index in [9.17, 15) is 0 Å². The Balaban J connectivity index is 5.88. The van der Waals surface area contributed by atoms with Gasteiger partial charge in [0, 0.05) is 0 Å². The van der Waals surface area contributed by atoms with Gasteiger partial charge in [-0.05, 0) is 24.7 Å². The SMILES string of the molecule is CC(C)(C)C(C)(N=NC(C)(C(=N)N)C(C)(C)C)C(=N)N. The van der Waals surface area contributed by atoms with Gasteiger partial charge in [-0.2, -0.15) is 10.2 Å². The van der Waals surface area contributed by atoms with Crippen LogP contribution in [-0.2, 0) is 0 Å². The molecule has 0 aliphatic rings. The Morgan fingerprint density at radius 1 is 0.650 bits per heavy atom. The summed E-state index contributed by atoms with van der Waals surface area (Å²) in [6.45, 7) is 15.3. The Morgan fingerprint density at radius 3 is 0.950 bits per heavy atom. The molecule has 2 atom stereocenters. The molecule has 0 amide bonds. The molecule has 0 saturated carbocycles. The van der Waals surface area contributed by atoms with Crippen molar-refractivity contribution in [1.82, 2.24) is 0 Å². The summed E-state index contributed by atoms with van der Waals surface area (Å²) < 4.78 is 0. The molecule has 0 rings (SSSR count). The van der Waals surface area contributed by atoms with Crippen molar-refractivity contribution in [3.05, 3.63) is 0 Å². The molecule has 0 fully saturated rings. The predicted molar refractivity (Wildman–Crippen MR) is 84.4 cm³/mol. The summed E-state index contributed by atoms with van der Waals surface area (Å²) in [6, 6.07) is 0. The van der Waals surface area contributed by atoms with E-state index in [4.69, 9.17) is 22.3 Å². The van der Waals surface area contributed by atoms with E-state index in [0.717, 1.165) is 0 Å². The van der Waals surface area contributed by atoms with Crippen molar-refractivity contribution in [2.45, 2.75) is 66.5 Å². The Kier molecular flexibility index (Phi) is 4.77. The molecule has 0 aromatic heterocycles. The lowest BCUT2D eigenvalue weighted by Crippen LogP contribution is -2.52. The van der Waals surface area contributed by atoms with Gasteiger partial charge in [-0.1, -0.05) is 41.5 Å². The van der Waals surface area contributed by atoms with Gasteiger partial charge in [-0.25, -0.2) is 0 Å². The lowest BCUT2D eigenvalue weighted by Gasteiger charge is -2.40. The fraction of sp³-hybridized carbons (Fsp3) is 0.857. The van der Waals surface area contributed by atoms with E-state index in [1.165, 1.54) is 0 Å². The van der Waals surface area contributed by atoms with Gasteiger partial charge in [0.15, 0.2) is 0 Å². The Morgan fingerprint density at radius 2 is 0.850 bits per heavy atom. The van der Waals surface area contributed by atoms with Crippen molar-refractivity contribution in [2.75, 3.05) is 0 Å². The highest BCUT2D eigenvalue weighted by molar-refractivity contribution is 5.89. The standard InChI is InChI=1S/C14H30N6/c1-11(2,3)13(7,9(15)16)19-20-14(8,10(17)18)12(4,5)6/h1-8H3,(H3,15,16)(H3,17,18). The van der Waals surface area contributed by atoms with Crippen LogP contribution < -0.4 is 11.5 Å². The molecular weight excluding hydrogens is 252 g/mol. The molecule has 20 heavy (non-hydrogen) atoms. The second-order valence-electron chi connectivity index (χ2n) is 7.67. The first-order valence-electron chi connectivity index (χ1n) is 6.72. The lowest BCUT2D eigenvalue weighted by atomic mass is 9.73. The van der Waals surface area contributed by atoms with Crippen molar-refractivity contribution in [1.29, 1.82) is 10.8 Å². The third-order valence-electron chi connectivity index (χ3n) is 4.42. The first-order chi connectivity index (χ1) is 8.59. The van der Waals surface area contributed by atoms with Crippen LogP contribution in [0.5, 0.6) is 0 Å². The molecule has 0 aliphatic heterocycles. The van der Waals surface area contributed by atoms with Crippen molar-refractivity contribution in [3.8, 4) is 0 Å². The molecule has 0 saturated heterocycles. The summed E-state index contributed by atoms with van der Waals surface area (Å²) in [5.74, 6) is -0.0953. The van der Waals surface area contributed by atoms with E-state index in [1.807, 2.05) is 41.5 Å². The molecule has 6 nitrogen and oxygen atoms in total. The smallest absolute Gasteiger partial charge is 0.140 e. The highest BCUT2D eigenvalue weighted by atomic mass is 15.2. The van der Waals surface area contributed by atoms with Crippen LogP contribution >= 0.6 is 0 Å². The molecule has 0 aromatic carbocycles. The molecule has 0 radical (unpaired) electrons. The van der Waals surface area contributed by atoms with Crippen LogP contribution in [0.25, 0.3) is 0 Å². The van der Waals surface area contributed by atoms with Gasteiger partial charge >= 0.3 is 0 Å². The van der Waals surface area contributed by atoms with Crippen LogP contribution in [0.3, 0.4) is 0 Å². The average Bonchev–Trinajstić information content (AvgIpc) is 2.21. The highest BCUT2D eigenvalue weighted by Gasteiger charge is 2.45. The number of rotatable bonds is 4. The van der Waals surface area contributed by atoms with Gasteiger partial charge in [0.05, 0.1) is 0 Å².